The van der Waals surface area contributed by atoms with Gasteiger partial charge in [0, 0.05) is 6.04 Å². The first-order valence-electron chi connectivity index (χ1n) is 7.53. The first kappa shape index (κ1) is 16.8. The average Bonchev–Trinajstić information content (AvgIpc) is 2.54. The molecule has 0 radical (unpaired) electrons. The lowest BCUT2D eigenvalue weighted by Gasteiger charge is -2.16. The number of ether oxygens (including phenoxy) is 2. The van der Waals surface area contributed by atoms with Crippen LogP contribution in [0.5, 0.6) is 11.5 Å². The second-order valence-electron chi connectivity index (χ2n) is 5.13. The number of aromatic carboxylic acids is 1. The number of hydrogen-bond donors (Lipinski definition) is 2. The normalized spacial score (nSPS) is 11.7. The van der Waals surface area contributed by atoms with Crippen molar-refractivity contribution in [3.05, 3.63) is 59.7 Å². The van der Waals surface area contributed by atoms with Crippen LogP contribution in [0, 0.1) is 0 Å². The fourth-order valence-electron chi connectivity index (χ4n) is 2.29. The van der Waals surface area contributed by atoms with E-state index in [0.29, 0.717) is 18.8 Å². The highest BCUT2D eigenvalue weighted by atomic mass is 16.5. The lowest BCUT2D eigenvalue weighted by atomic mass is 10.1. The highest BCUT2D eigenvalue weighted by Gasteiger charge is 2.18. The molecule has 2 aromatic rings. The molecular formula is C18H21NO4. The number of carboxylic acid groups (broad SMARTS) is 1. The summed E-state index contributed by atoms with van der Waals surface area (Å²) in [5.74, 6) is -0.512. The number of benzene rings is 2. The van der Waals surface area contributed by atoms with E-state index in [9.17, 15) is 9.90 Å². The van der Waals surface area contributed by atoms with Gasteiger partial charge < -0.3 is 20.3 Å². The number of rotatable bonds is 8. The summed E-state index contributed by atoms with van der Waals surface area (Å²) < 4.78 is 11.0. The molecule has 0 aliphatic heterocycles. The molecule has 5 nitrogen and oxygen atoms in total. The summed E-state index contributed by atoms with van der Waals surface area (Å²) in [6.45, 7) is 2.41. The molecule has 0 saturated heterocycles. The summed E-state index contributed by atoms with van der Waals surface area (Å²) in [6.07, 6.45) is 0.661. The molecule has 0 aliphatic rings. The predicted molar refractivity (Wildman–Crippen MR) is 88.2 cm³/mol. The van der Waals surface area contributed by atoms with Crippen LogP contribution in [0.4, 0.5) is 0 Å². The molecule has 0 heterocycles. The van der Waals surface area contributed by atoms with E-state index in [0.717, 1.165) is 5.56 Å². The molecule has 0 aromatic heterocycles. The zero-order chi connectivity index (χ0) is 16.7. The van der Waals surface area contributed by atoms with Gasteiger partial charge in [0.2, 0.25) is 0 Å². The third-order valence-corrected chi connectivity index (χ3v) is 3.30. The van der Waals surface area contributed by atoms with Crippen LogP contribution in [0.1, 0.15) is 22.8 Å². The summed E-state index contributed by atoms with van der Waals surface area (Å²) in [6, 6.07) is 14.6. The van der Waals surface area contributed by atoms with Gasteiger partial charge in [-0.05, 0) is 31.0 Å². The maximum Gasteiger partial charge on any atom is 0.343 e. The van der Waals surface area contributed by atoms with E-state index in [2.05, 4.69) is 0 Å². The first-order chi connectivity index (χ1) is 11.1. The minimum absolute atomic E-state index is 0.0289. The Kier molecular flexibility index (Phi) is 6.00. The van der Waals surface area contributed by atoms with Crippen molar-refractivity contribution >= 4 is 5.97 Å². The Morgan fingerprint density at radius 3 is 2.35 bits per heavy atom. The van der Waals surface area contributed by atoms with Crippen molar-refractivity contribution in [2.75, 3.05) is 13.2 Å². The maximum absolute atomic E-state index is 11.5. The molecule has 0 aliphatic carbocycles. The van der Waals surface area contributed by atoms with E-state index in [-0.39, 0.29) is 24.0 Å². The number of nitrogens with two attached hydrogens (primary N) is 1. The van der Waals surface area contributed by atoms with Gasteiger partial charge in [-0.3, -0.25) is 0 Å². The van der Waals surface area contributed by atoms with Gasteiger partial charge in [0.05, 0.1) is 6.61 Å². The second-order valence-corrected chi connectivity index (χ2v) is 5.13. The summed E-state index contributed by atoms with van der Waals surface area (Å²) in [5.41, 5.74) is 7.22. The van der Waals surface area contributed by atoms with Crippen LogP contribution in [0.2, 0.25) is 0 Å². The molecule has 0 bridgehead atoms. The Morgan fingerprint density at radius 1 is 1.09 bits per heavy atom. The van der Waals surface area contributed by atoms with Gasteiger partial charge in [-0.2, -0.15) is 0 Å². The molecule has 2 rings (SSSR count). The molecule has 122 valence electrons. The SMILES string of the molecule is CCOc1cccc(OC[C@H](N)Cc2ccccc2)c1C(=O)O. The minimum Gasteiger partial charge on any atom is -0.493 e. The van der Waals surface area contributed by atoms with Crippen LogP contribution in [-0.4, -0.2) is 30.3 Å². The van der Waals surface area contributed by atoms with Crippen LogP contribution in [0.3, 0.4) is 0 Å². The van der Waals surface area contributed by atoms with E-state index >= 15 is 0 Å². The fraction of sp³-hybridized carbons (Fsp3) is 0.278. The van der Waals surface area contributed by atoms with Gasteiger partial charge in [-0.25, -0.2) is 4.79 Å². The summed E-state index contributed by atoms with van der Waals surface area (Å²) >= 11 is 0. The van der Waals surface area contributed by atoms with E-state index < -0.39 is 5.97 Å². The van der Waals surface area contributed by atoms with Crippen molar-refractivity contribution in [3.8, 4) is 11.5 Å². The van der Waals surface area contributed by atoms with Crippen LogP contribution in [0.15, 0.2) is 48.5 Å². The van der Waals surface area contributed by atoms with E-state index in [1.54, 1.807) is 25.1 Å². The van der Waals surface area contributed by atoms with E-state index in [4.69, 9.17) is 15.2 Å². The largest absolute Gasteiger partial charge is 0.493 e. The smallest absolute Gasteiger partial charge is 0.343 e. The van der Waals surface area contributed by atoms with Crippen molar-refractivity contribution in [1.29, 1.82) is 0 Å². The van der Waals surface area contributed by atoms with Gasteiger partial charge >= 0.3 is 5.97 Å². The lowest BCUT2D eigenvalue weighted by molar-refractivity contribution is 0.0687. The Bertz CT molecular complexity index is 643. The number of carboxylic acids is 1. The fourth-order valence-corrected chi connectivity index (χ4v) is 2.29. The molecule has 0 spiro atoms. The van der Waals surface area contributed by atoms with Crippen molar-refractivity contribution in [2.24, 2.45) is 5.73 Å². The molecule has 3 N–H and O–H groups in total. The van der Waals surface area contributed by atoms with Crippen molar-refractivity contribution < 1.29 is 19.4 Å². The molecule has 23 heavy (non-hydrogen) atoms. The lowest BCUT2D eigenvalue weighted by Crippen LogP contribution is -2.30. The summed E-state index contributed by atoms with van der Waals surface area (Å²) in [7, 11) is 0. The standard InChI is InChI=1S/C18H21NO4/c1-2-22-15-9-6-10-16(17(15)18(20)21)23-12-14(19)11-13-7-4-3-5-8-13/h3-10,14H,2,11-12,19H2,1H3,(H,20,21)/t14-/m1/s1. The molecule has 0 unspecified atom stereocenters. The predicted octanol–water partition coefficient (Wildman–Crippen LogP) is 2.73. The Balaban J connectivity index is 2.05. The Labute approximate surface area is 135 Å². The molecule has 2 aromatic carbocycles. The van der Waals surface area contributed by atoms with Crippen LogP contribution in [0.25, 0.3) is 0 Å². The second kappa shape index (κ2) is 8.19. The van der Waals surface area contributed by atoms with Gasteiger partial charge in [0.25, 0.3) is 0 Å². The monoisotopic (exact) mass is 315 g/mol. The molecule has 1 atom stereocenters. The van der Waals surface area contributed by atoms with Gasteiger partial charge in [0.15, 0.2) is 0 Å². The molecule has 5 heteroatoms. The van der Waals surface area contributed by atoms with E-state index in [1.165, 1.54) is 0 Å². The van der Waals surface area contributed by atoms with Crippen molar-refractivity contribution in [2.45, 2.75) is 19.4 Å². The van der Waals surface area contributed by atoms with Gasteiger partial charge in [-0.1, -0.05) is 36.4 Å². The molecular weight excluding hydrogens is 294 g/mol. The third kappa shape index (κ3) is 4.72. The van der Waals surface area contributed by atoms with Crippen molar-refractivity contribution in [3.63, 3.8) is 0 Å². The highest BCUT2D eigenvalue weighted by molar-refractivity contribution is 5.94. The summed E-state index contributed by atoms with van der Waals surface area (Å²) in [5, 5.41) is 9.38. The zero-order valence-electron chi connectivity index (χ0n) is 13.1. The van der Waals surface area contributed by atoms with Crippen LogP contribution >= 0.6 is 0 Å². The van der Waals surface area contributed by atoms with Gasteiger partial charge in [-0.15, -0.1) is 0 Å². The third-order valence-electron chi connectivity index (χ3n) is 3.30. The number of carbonyl (C=O) groups is 1. The van der Waals surface area contributed by atoms with Crippen LogP contribution in [-0.2, 0) is 6.42 Å². The highest BCUT2D eigenvalue weighted by Crippen LogP contribution is 2.28. The molecule has 0 saturated carbocycles. The first-order valence-corrected chi connectivity index (χ1v) is 7.53. The summed E-state index contributed by atoms with van der Waals surface area (Å²) in [4.78, 5) is 11.5. The molecule has 0 fully saturated rings. The van der Waals surface area contributed by atoms with Crippen LogP contribution < -0.4 is 15.2 Å². The quantitative estimate of drug-likeness (QED) is 0.783. The van der Waals surface area contributed by atoms with Gasteiger partial charge in [0.1, 0.15) is 23.7 Å². The van der Waals surface area contributed by atoms with E-state index in [1.807, 2.05) is 30.3 Å². The zero-order valence-corrected chi connectivity index (χ0v) is 13.1. The maximum atomic E-state index is 11.5. The Hall–Kier alpha value is -2.53. The average molecular weight is 315 g/mol. The number of hydrogen-bond acceptors (Lipinski definition) is 4. The van der Waals surface area contributed by atoms with Crippen molar-refractivity contribution in [1.82, 2.24) is 0 Å². The Morgan fingerprint density at radius 2 is 1.74 bits per heavy atom. The topological polar surface area (TPSA) is 81.8 Å². The molecule has 0 amide bonds. The minimum atomic E-state index is -1.08.